The van der Waals surface area contributed by atoms with Gasteiger partial charge in [0.25, 0.3) is 0 Å². The molecule has 1 amide bonds. The first-order valence-corrected chi connectivity index (χ1v) is 6.14. The molecule has 0 heterocycles. The summed E-state index contributed by atoms with van der Waals surface area (Å²) in [5, 5.41) is 11.4. The second kappa shape index (κ2) is 12.2. The lowest BCUT2D eigenvalue weighted by atomic mass is 10.3. The predicted molar refractivity (Wildman–Crippen MR) is 70.9 cm³/mol. The Kier molecular flexibility index (Phi) is 11.3. The van der Waals surface area contributed by atoms with E-state index in [9.17, 15) is 4.79 Å². The fourth-order valence-corrected chi connectivity index (χ4v) is 1.02. The molecule has 18 heavy (non-hydrogen) atoms. The summed E-state index contributed by atoms with van der Waals surface area (Å²) in [7, 11) is 0. The molecule has 0 aliphatic heterocycles. The van der Waals surface area contributed by atoms with Crippen LogP contribution in [0.15, 0.2) is 24.6 Å². The van der Waals surface area contributed by atoms with Crippen molar-refractivity contribution in [1.82, 2.24) is 5.32 Å². The highest BCUT2D eigenvalue weighted by Crippen LogP contribution is 2.02. The molecule has 2 N–H and O–H groups in total. The Labute approximate surface area is 111 Å². The lowest BCUT2D eigenvalue weighted by Crippen LogP contribution is -2.28. The number of hydrogen-bond acceptors (Lipinski definition) is 6. The van der Waals surface area contributed by atoms with E-state index in [1.165, 1.54) is 5.41 Å². The van der Waals surface area contributed by atoms with E-state index in [-0.39, 0.29) is 25.0 Å². The van der Waals surface area contributed by atoms with Crippen LogP contribution in [0.25, 0.3) is 0 Å². The topological polar surface area (TPSA) is 80.6 Å². The van der Waals surface area contributed by atoms with Gasteiger partial charge in [-0.15, -0.1) is 6.58 Å². The van der Waals surface area contributed by atoms with E-state index in [1.807, 2.05) is 0 Å². The van der Waals surface area contributed by atoms with Gasteiger partial charge in [0.2, 0.25) is 11.8 Å². The van der Waals surface area contributed by atoms with Crippen LogP contribution in [0.1, 0.15) is 12.8 Å². The molecule has 0 aliphatic rings. The summed E-state index contributed by atoms with van der Waals surface area (Å²) in [4.78, 5) is 15.8. The molecule has 0 saturated heterocycles. The smallest absolute Gasteiger partial charge is 0.220 e. The van der Waals surface area contributed by atoms with Crippen LogP contribution in [-0.2, 0) is 18.8 Å². The molecular formula is C11H18N2O4S. The van der Waals surface area contributed by atoms with Crippen molar-refractivity contribution in [3.05, 3.63) is 24.6 Å². The fraction of sp³-hybridized carbons (Fsp3) is 0.455. The molecule has 0 bridgehead atoms. The van der Waals surface area contributed by atoms with Gasteiger partial charge in [-0.2, -0.15) is 4.33 Å². The average Bonchev–Trinajstić information content (AvgIpc) is 2.37. The Hall–Kier alpha value is -1.31. The number of hydrogen-bond donors (Lipinski definition) is 2. The van der Waals surface area contributed by atoms with Crippen LogP contribution >= 0.6 is 12.0 Å². The second-order valence-corrected chi connectivity index (χ2v) is 3.70. The number of amides is 1. The largest absolute Gasteiger partial charge is 0.478 e. The Morgan fingerprint density at radius 2 is 2.22 bits per heavy atom. The van der Waals surface area contributed by atoms with Crippen LogP contribution in [0.5, 0.6) is 0 Å². The number of rotatable bonds is 11. The van der Waals surface area contributed by atoms with Crippen molar-refractivity contribution >= 4 is 23.8 Å². The van der Waals surface area contributed by atoms with E-state index >= 15 is 0 Å². The van der Waals surface area contributed by atoms with Crippen LogP contribution in [0, 0.1) is 5.41 Å². The molecule has 0 aromatic rings. The third-order valence-corrected chi connectivity index (χ3v) is 1.93. The van der Waals surface area contributed by atoms with Crippen LogP contribution in [-0.4, -0.2) is 31.6 Å². The molecule has 0 fully saturated rings. The van der Waals surface area contributed by atoms with Crippen molar-refractivity contribution in [1.29, 1.82) is 5.41 Å². The Balaban J connectivity index is 3.36. The minimum Gasteiger partial charge on any atom is -0.478 e. The van der Waals surface area contributed by atoms with Crippen LogP contribution in [0.3, 0.4) is 0 Å². The molecule has 0 aliphatic carbocycles. The number of nitrogens with one attached hydrogen (secondary N) is 2. The summed E-state index contributed by atoms with van der Waals surface area (Å²) >= 11 is 0.914. The standard InChI is InChI=1S/C11H18N2O4S/c1-3-5-6-11(14)13-7-8-15-10(12)9-16-17-18-4-2/h3-4,12H,1-2,5-9H2,(H,13,14). The van der Waals surface area contributed by atoms with Gasteiger partial charge in [0.15, 0.2) is 6.61 Å². The van der Waals surface area contributed by atoms with Gasteiger partial charge in [0.1, 0.15) is 6.61 Å². The minimum atomic E-state index is -0.0920. The molecule has 7 heteroatoms. The molecule has 0 aromatic heterocycles. The van der Waals surface area contributed by atoms with Crippen molar-refractivity contribution < 1.29 is 18.8 Å². The van der Waals surface area contributed by atoms with E-state index in [4.69, 9.17) is 10.1 Å². The number of ether oxygens (including phenoxy) is 1. The number of carbonyl (C=O) groups is 1. The van der Waals surface area contributed by atoms with Crippen LogP contribution in [0.4, 0.5) is 0 Å². The summed E-state index contributed by atoms with van der Waals surface area (Å²) < 4.78 is 9.53. The monoisotopic (exact) mass is 274 g/mol. The van der Waals surface area contributed by atoms with Gasteiger partial charge in [-0.25, -0.2) is 4.89 Å². The lowest BCUT2D eigenvalue weighted by Gasteiger charge is -2.07. The van der Waals surface area contributed by atoms with Gasteiger partial charge in [-0.1, -0.05) is 12.7 Å². The van der Waals surface area contributed by atoms with Crippen LogP contribution in [0.2, 0.25) is 0 Å². The van der Waals surface area contributed by atoms with Crippen molar-refractivity contribution in [2.24, 2.45) is 0 Å². The summed E-state index contributed by atoms with van der Waals surface area (Å²) in [5.41, 5.74) is 0. The van der Waals surface area contributed by atoms with E-state index in [0.29, 0.717) is 19.4 Å². The molecule has 0 saturated carbocycles. The zero-order chi connectivity index (χ0) is 13.6. The van der Waals surface area contributed by atoms with E-state index in [1.54, 1.807) is 6.08 Å². The zero-order valence-corrected chi connectivity index (χ0v) is 11.0. The van der Waals surface area contributed by atoms with Gasteiger partial charge in [-0.3, -0.25) is 10.2 Å². The van der Waals surface area contributed by atoms with Crippen molar-refractivity contribution in [2.45, 2.75) is 12.8 Å². The van der Waals surface area contributed by atoms with E-state index in [2.05, 4.69) is 27.7 Å². The molecular weight excluding hydrogens is 256 g/mol. The van der Waals surface area contributed by atoms with Gasteiger partial charge < -0.3 is 10.1 Å². The molecule has 6 nitrogen and oxygen atoms in total. The molecule has 0 atom stereocenters. The van der Waals surface area contributed by atoms with Crippen molar-refractivity contribution in [3.8, 4) is 0 Å². The zero-order valence-electron chi connectivity index (χ0n) is 10.1. The quantitative estimate of drug-likeness (QED) is 0.114. The molecule has 0 aromatic carbocycles. The average molecular weight is 274 g/mol. The summed E-state index contributed by atoms with van der Waals surface area (Å²) in [5.74, 6) is -0.132. The summed E-state index contributed by atoms with van der Waals surface area (Å²) in [6, 6.07) is 0. The predicted octanol–water partition coefficient (Wildman–Crippen LogP) is 1.80. The van der Waals surface area contributed by atoms with Gasteiger partial charge >= 0.3 is 0 Å². The van der Waals surface area contributed by atoms with Crippen LogP contribution < -0.4 is 5.32 Å². The molecule has 102 valence electrons. The fourth-order valence-electron chi connectivity index (χ4n) is 0.861. The number of allylic oxidation sites excluding steroid dienone is 1. The first-order chi connectivity index (χ1) is 8.70. The van der Waals surface area contributed by atoms with Gasteiger partial charge in [0, 0.05) is 6.42 Å². The Bertz CT molecular complexity index is 284. The maximum Gasteiger partial charge on any atom is 0.220 e. The third-order valence-electron chi connectivity index (χ3n) is 1.62. The SMILES string of the molecule is C=CCCC(=O)NCCOC(=N)COOSC=C. The van der Waals surface area contributed by atoms with E-state index < -0.39 is 0 Å². The molecule has 0 spiro atoms. The van der Waals surface area contributed by atoms with E-state index in [0.717, 1.165) is 12.0 Å². The van der Waals surface area contributed by atoms with Gasteiger partial charge in [-0.05, 0) is 11.8 Å². The summed E-state index contributed by atoms with van der Waals surface area (Å²) in [6.07, 6.45) is 2.75. The lowest BCUT2D eigenvalue weighted by molar-refractivity contribution is -0.176. The second-order valence-electron chi connectivity index (χ2n) is 3.04. The first-order valence-electron chi connectivity index (χ1n) is 5.34. The Morgan fingerprint density at radius 3 is 2.89 bits per heavy atom. The minimum absolute atomic E-state index is 0.0630. The van der Waals surface area contributed by atoms with Crippen molar-refractivity contribution in [3.63, 3.8) is 0 Å². The normalized spacial score (nSPS) is 9.56. The highest BCUT2D eigenvalue weighted by molar-refractivity contribution is 7.97. The highest BCUT2D eigenvalue weighted by Gasteiger charge is 2.01. The third kappa shape index (κ3) is 11.2. The van der Waals surface area contributed by atoms with Gasteiger partial charge in [0.05, 0.1) is 18.6 Å². The molecule has 0 radical (unpaired) electrons. The molecule has 0 unspecified atom stereocenters. The highest BCUT2D eigenvalue weighted by atomic mass is 32.2. The number of carbonyl (C=O) groups excluding carboxylic acids is 1. The Morgan fingerprint density at radius 1 is 1.44 bits per heavy atom. The maximum atomic E-state index is 11.2. The first kappa shape index (κ1) is 16.7. The molecule has 0 rings (SSSR count). The summed E-state index contributed by atoms with van der Waals surface area (Å²) in [6.45, 7) is 7.40. The maximum absolute atomic E-state index is 11.2. The van der Waals surface area contributed by atoms with Crippen molar-refractivity contribution in [2.75, 3.05) is 19.8 Å².